The highest BCUT2D eigenvalue weighted by Crippen LogP contribution is 2.29. The minimum Gasteiger partial charge on any atom is -0.461 e. The van der Waals surface area contributed by atoms with E-state index in [9.17, 15) is 19.5 Å². The number of aliphatic hydroxyl groups excluding tert-OH is 1. The minimum absolute atomic E-state index is 0.0551. The van der Waals surface area contributed by atoms with E-state index in [0.29, 0.717) is 19.3 Å². The molecule has 1 aliphatic heterocycles. The molecule has 0 saturated heterocycles. The Balaban J connectivity index is 1.66. The Morgan fingerprint density at radius 2 is 1.79 bits per heavy atom. The van der Waals surface area contributed by atoms with Gasteiger partial charge in [-0.25, -0.2) is 0 Å². The van der Waals surface area contributed by atoms with Crippen molar-refractivity contribution in [2.45, 2.75) is 69.9 Å². The lowest BCUT2D eigenvalue weighted by Gasteiger charge is -2.29. The average molecular weight is 457 g/mol. The van der Waals surface area contributed by atoms with Crippen molar-refractivity contribution >= 4 is 17.8 Å². The highest BCUT2D eigenvalue weighted by Gasteiger charge is 2.35. The molecule has 1 aromatic carbocycles. The van der Waals surface area contributed by atoms with Gasteiger partial charge < -0.3 is 20.5 Å². The van der Waals surface area contributed by atoms with Crippen LogP contribution in [0.1, 0.15) is 57.4 Å². The second-order valence-corrected chi connectivity index (χ2v) is 9.42. The lowest BCUT2D eigenvalue weighted by Crippen LogP contribution is -2.50. The van der Waals surface area contributed by atoms with E-state index in [1.54, 1.807) is 6.92 Å². The predicted octanol–water partition coefficient (Wildman–Crippen LogP) is 2.67. The fourth-order valence-corrected chi connectivity index (χ4v) is 4.64. The molecule has 3 atom stereocenters. The first-order chi connectivity index (χ1) is 15.9. The molecule has 1 heterocycles. The van der Waals surface area contributed by atoms with Crippen molar-refractivity contribution in [3.8, 4) is 0 Å². The van der Waals surface area contributed by atoms with Crippen LogP contribution in [0.5, 0.6) is 0 Å². The zero-order valence-electron chi connectivity index (χ0n) is 19.4. The highest BCUT2D eigenvalue weighted by molar-refractivity contribution is 5.86. The third-order valence-electron chi connectivity index (χ3n) is 6.62. The standard InChI is InChI=1S/C26H36N2O5/c1-19-17-27-24(31)21(16-23(30)28-26(18-29)13-7-8-14-26)11-5-6-12-22(25(32)33-19)15-20-9-3-2-4-10-20/h2-6,9-10,19,21-22,29H,7-8,11-18H2,1H3,(H,27,31)(H,28,30)/t19-,21+,22+/m0/s1. The number of carbonyl (C=O) groups is 3. The van der Waals surface area contributed by atoms with Gasteiger partial charge in [0.25, 0.3) is 0 Å². The van der Waals surface area contributed by atoms with Gasteiger partial charge in [0.15, 0.2) is 0 Å². The molecule has 1 aromatic rings. The van der Waals surface area contributed by atoms with Crippen molar-refractivity contribution in [3.05, 3.63) is 48.0 Å². The number of hydrogen-bond acceptors (Lipinski definition) is 5. The van der Waals surface area contributed by atoms with Crippen molar-refractivity contribution in [1.82, 2.24) is 10.6 Å². The fraction of sp³-hybridized carbons (Fsp3) is 0.577. The molecule has 7 heteroatoms. The maximum absolute atomic E-state index is 12.8. The molecule has 0 unspecified atom stereocenters. The van der Waals surface area contributed by atoms with E-state index in [1.165, 1.54) is 0 Å². The first-order valence-corrected chi connectivity index (χ1v) is 12.0. The van der Waals surface area contributed by atoms with Crippen LogP contribution < -0.4 is 10.6 Å². The van der Waals surface area contributed by atoms with E-state index < -0.39 is 17.6 Å². The van der Waals surface area contributed by atoms with E-state index in [2.05, 4.69) is 10.6 Å². The lowest BCUT2D eigenvalue weighted by molar-refractivity contribution is -0.153. The number of ether oxygens (including phenoxy) is 1. The van der Waals surface area contributed by atoms with Crippen molar-refractivity contribution in [1.29, 1.82) is 0 Å². The van der Waals surface area contributed by atoms with Crippen LogP contribution >= 0.6 is 0 Å². The van der Waals surface area contributed by atoms with Gasteiger partial charge in [0.1, 0.15) is 6.10 Å². The number of esters is 1. The van der Waals surface area contributed by atoms with Gasteiger partial charge in [0.2, 0.25) is 11.8 Å². The van der Waals surface area contributed by atoms with Gasteiger partial charge in [0.05, 0.1) is 30.5 Å². The van der Waals surface area contributed by atoms with Crippen LogP contribution in [0.2, 0.25) is 0 Å². The zero-order chi connectivity index (χ0) is 23.7. The molecule has 1 fully saturated rings. The van der Waals surface area contributed by atoms with E-state index in [-0.39, 0.29) is 43.3 Å². The third kappa shape index (κ3) is 7.42. The van der Waals surface area contributed by atoms with Crippen molar-refractivity contribution in [2.24, 2.45) is 11.8 Å². The number of amides is 2. The maximum atomic E-state index is 12.8. The molecule has 0 bridgehead atoms. The summed E-state index contributed by atoms with van der Waals surface area (Å²) in [5.41, 5.74) is 0.516. The molecule has 3 N–H and O–H groups in total. The summed E-state index contributed by atoms with van der Waals surface area (Å²) in [6.45, 7) is 1.87. The van der Waals surface area contributed by atoms with E-state index >= 15 is 0 Å². The monoisotopic (exact) mass is 456 g/mol. The summed E-state index contributed by atoms with van der Waals surface area (Å²) in [5, 5.41) is 15.6. The molecule has 0 aromatic heterocycles. The normalized spacial score (nSPS) is 25.9. The molecule has 0 spiro atoms. The number of hydrogen-bond donors (Lipinski definition) is 3. The molecule has 0 radical (unpaired) electrons. The second-order valence-electron chi connectivity index (χ2n) is 9.42. The Hall–Kier alpha value is -2.67. The van der Waals surface area contributed by atoms with Crippen molar-refractivity contribution in [2.75, 3.05) is 13.2 Å². The number of rotatable bonds is 6. The lowest BCUT2D eigenvalue weighted by atomic mass is 9.93. The molecular formula is C26H36N2O5. The van der Waals surface area contributed by atoms with Crippen LogP contribution in [0.15, 0.2) is 42.5 Å². The minimum atomic E-state index is -0.553. The first-order valence-electron chi connectivity index (χ1n) is 12.0. The van der Waals surface area contributed by atoms with Crippen LogP contribution in [-0.4, -0.2) is 47.7 Å². The second kappa shape index (κ2) is 12.0. The number of aliphatic hydroxyl groups is 1. The molecule has 2 amide bonds. The van der Waals surface area contributed by atoms with Crippen LogP contribution in [0.4, 0.5) is 0 Å². The third-order valence-corrected chi connectivity index (χ3v) is 6.62. The smallest absolute Gasteiger partial charge is 0.309 e. The van der Waals surface area contributed by atoms with Gasteiger partial charge in [-0.1, -0.05) is 55.3 Å². The topological polar surface area (TPSA) is 105 Å². The largest absolute Gasteiger partial charge is 0.461 e. The van der Waals surface area contributed by atoms with Gasteiger partial charge in [-0.2, -0.15) is 0 Å². The average Bonchev–Trinajstić information content (AvgIpc) is 3.27. The molecule has 1 aliphatic carbocycles. The number of carbonyl (C=O) groups excluding carboxylic acids is 3. The summed E-state index contributed by atoms with van der Waals surface area (Å²) in [4.78, 5) is 38.2. The summed E-state index contributed by atoms with van der Waals surface area (Å²) in [5.74, 6) is -1.55. The van der Waals surface area contributed by atoms with Crippen LogP contribution in [0.25, 0.3) is 0 Å². The number of benzene rings is 1. The Kier molecular flexibility index (Phi) is 9.06. The number of cyclic esters (lactones) is 1. The summed E-state index contributed by atoms with van der Waals surface area (Å²) in [6, 6.07) is 9.83. The van der Waals surface area contributed by atoms with Gasteiger partial charge in [-0.3, -0.25) is 14.4 Å². The summed E-state index contributed by atoms with van der Waals surface area (Å²) in [6.07, 6.45) is 8.36. The molecule has 1 saturated carbocycles. The summed E-state index contributed by atoms with van der Waals surface area (Å²) in [7, 11) is 0. The highest BCUT2D eigenvalue weighted by atomic mass is 16.5. The van der Waals surface area contributed by atoms with Crippen LogP contribution in [0.3, 0.4) is 0 Å². The molecule has 3 rings (SSSR count). The molecule has 7 nitrogen and oxygen atoms in total. The van der Waals surface area contributed by atoms with E-state index in [1.807, 2.05) is 42.5 Å². The van der Waals surface area contributed by atoms with Gasteiger partial charge in [0, 0.05) is 6.42 Å². The van der Waals surface area contributed by atoms with Crippen LogP contribution in [-0.2, 0) is 25.5 Å². The SMILES string of the molecule is C[C@H]1CNC(=O)[C@@H](CC(=O)NC2(CO)CCCC2)CC=CC[C@H](Cc2ccccc2)C(=O)O1. The Morgan fingerprint density at radius 1 is 1.12 bits per heavy atom. The van der Waals surface area contributed by atoms with Gasteiger partial charge >= 0.3 is 5.97 Å². The van der Waals surface area contributed by atoms with Crippen LogP contribution in [0, 0.1) is 11.8 Å². The Bertz CT molecular complexity index is 832. The fourth-order valence-electron chi connectivity index (χ4n) is 4.64. The Morgan fingerprint density at radius 3 is 2.45 bits per heavy atom. The molecule has 2 aliphatic rings. The van der Waals surface area contributed by atoms with E-state index in [4.69, 9.17) is 4.74 Å². The van der Waals surface area contributed by atoms with E-state index in [0.717, 1.165) is 31.2 Å². The number of nitrogens with one attached hydrogen (secondary N) is 2. The quantitative estimate of drug-likeness (QED) is 0.451. The summed E-state index contributed by atoms with van der Waals surface area (Å²) >= 11 is 0. The first kappa shape index (κ1) is 25.0. The molecule has 33 heavy (non-hydrogen) atoms. The van der Waals surface area contributed by atoms with Crippen molar-refractivity contribution < 1.29 is 24.2 Å². The summed E-state index contributed by atoms with van der Waals surface area (Å²) < 4.78 is 5.59. The van der Waals surface area contributed by atoms with Gasteiger partial charge in [-0.05, 0) is 44.6 Å². The predicted molar refractivity (Wildman–Crippen MR) is 125 cm³/mol. The Labute approximate surface area is 196 Å². The number of allylic oxidation sites excluding steroid dienone is 2. The molecular weight excluding hydrogens is 420 g/mol. The van der Waals surface area contributed by atoms with Gasteiger partial charge in [-0.15, -0.1) is 0 Å². The zero-order valence-corrected chi connectivity index (χ0v) is 19.4. The molecule has 180 valence electrons. The van der Waals surface area contributed by atoms with Crippen molar-refractivity contribution in [3.63, 3.8) is 0 Å². The maximum Gasteiger partial charge on any atom is 0.309 e.